The minimum Gasteiger partial charge on any atom is -0.454 e. The molecule has 0 aliphatic heterocycles. The van der Waals surface area contributed by atoms with E-state index in [1.54, 1.807) is 50.2 Å². The van der Waals surface area contributed by atoms with E-state index in [9.17, 15) is 14.4 Å². The first-order chi connectivity index (χ1) is 13.4. The number of esters is 1. The number of carbonyl (C=O) groups is 3. The van der Waals surface area contributed by atoms with Crippen LogP contribution in [0.1, 0.15) is 19.4 Å². The van der Waals surface area contributed by atoms with Crippen molar-refractivity contribution in [3.8, 4) is 0 Å². The molecule has 7 heteroatoms. The Hall–Kier alpha value is -3.35. The van der Waals surface area contributed by atoms with Crippen molar-refractivity contribution in [1.29, 1.82) is 0 Å². The quantitative estimate of drug-likeness (QED) is 0.639. The van der Waals surface area contributed by atoms with Gasteiger partial charge in [-0.15, -0.1) is 0 Å². The van der Waals surface area contributed by atoms with E-state index < -0.39 is 30.6 Å². The molecule has 0 radical (unpaired) electrons. The van der Waals surface area contributed by atoms with Crippen molar-refractivity contribution in [2.24, 2.45) is 5.92 Å². The second kappa shape index (κ2) is 10.1. The third-order valence-corrected chi connectivity index (χ3v) is 4.00. The lowest BCUT2D eigenvalue weighted by molar-refractivity contribution is -0.150. The number of para-hydroxylation sites is 2. The van der Waals surface area contributed by atoms with Crippen LogP contribution in [0.15, 0.2) is 54.6 Å². The molecule has 0 saturated heterocycles. The van der Waals surface area contributed by atoms with E-state index in [1.165, 1.54) is 0 Å². The monoisotopic (exact) mass is 383 g/mol. The third kappa shape index (κ3) is 6.42. The number of amides is 3. The van der Waals surface area contributed by atoms with Gasteiger partial charge in [0.2, 0.25) is 0 Å². The smallest absolute Gasteiger partial charge is 0.329 e. The van der Waals surface area contributed by atoms with Gasteiger partial charge in [0.25, 0.3) is 5.91 Å². The zero-order chi connectivity index (χ0) is 20.5. The average Bonchev–Trinajstić information content (AvgIpc) is 2.66. The van der Waals surface area contributed by atoms with Crippen LogP contribution < -0.4 is 16.0 Å². The Morgan fingerprint density at radius 2 is 1.57 bits per heavy atom. The molecule has 2 aromatic rings. The molecule has 0 bridgehead atoms. The summed E-state index contributed by atoms with van der Waals surface area (Å²) in [6.45, 7) is 4.99. The number of ether oxygens (including phenoxy) is 1. The number of benzene rings is 2. The number of nitrogens with one attached hydrogen (secondary N) is 3. The number of urea groups is 1. The minimum atomic E-state index is -0.880. The van der Waals surface area contributed by atoms with Crippen LogP contribution in [0.3, 0.4) is 0 Å². The molecule has 0 spiro atoms. The van der Waals surface area contributed by atoms with Crippen LogP contribution in [-0.2, 0) is 14.3 Å². The van der Waals surface area contributed by atoms with Crippen molar-refractivity contribution >= 4 is 29.3 Å². The largest absolute Gasteiger partial charge is 0.454 e. The fourth-order valence-corrected chi connectivity index (χ4v) is 2.45. The minimum absolute atomic E-state index is 0.214. The van der Waals surface area contributed by atoms with E-state index in [0.717, 1.165) is 5.56 Å². The molecule has 1 atom stereocenters. The normalized spacial score (nSPS) is 11.4. The lowest BCUT2D eigenvalue weighted by Crippen LogP contribution is -2.47. The molecule has 0 aliphatic rings. The molecule has 2 aromatic carbocycles. The summed E-state index contributed by atoms with van der Waals surface area (Å²) in [5.41, 5.74) is 2.17. The Labute approximate surface area is 164 Å². The van der Waals surface area contributed by atoms with Gasteiger partial charge >= 0.3 is 12.0 Å². The Morgan fingerprint density at radius 1 is 0.929 bits per heavy atom. The van der Waals surface area contributed by atoms with Gasteiger partial charge in [0, 0.05) is 11.4 Å². The van der Waals surface area contributed by atoms with Gasteiger partial charge in [0.15, 0.2) is 6.61 Å². The number of hydrogen-bond donors (Lipinski definition) is 3. The number of anilines is 2. The number of aryl methyl sites for hydroxylation is 1. The molecule has 0 aromatic heterocycles. The van der Waals surface area contributed by atoms with Gasteiger partial charge in [-0.05, 0) is 36.6 Å². The third-order valence-electron chi connectivity index (χ3n) is 4.00. The zero-order valence-electron chi connectivity index (χ0n) is 16.2. The van der Waals surface area contributed by atoms with E-state index in [4.69, 9.17) is 4.74 Å². The maximum Gasteiger partial charge on any atom is 0.329 e. The van der Waals surface area contributed by atoms with Crippen molar-refractivity contribution < 1.29 is 19.1 Å². The SMILES string of the molecule is Cc1ccccc1NC(=O)COC(=O)[C@@H](NC(=O)Nc1ccccc1)C(C)C. The predicted molar refractivity (Wildman–Crippen MR) is 108 cm³/mol. The Morgan fingerprint density at radius 3 is 2.21 bits per heavy atom. The summed E-state index contributed by atoms with van der Waals surface area (Å²) in [5, 5.41) is 7.93. The van der Waals surface area contributed by atoms with Crippen molar-refractivity contribution in [3.05, 3.63) is 60.2 Å². The molecule has 0 fully saturated rings. The maximum absolute atomic E-state index is 12.4. The van der Waals surface area contributed by atoms with Gasteiger partial charge < -0.3 is 20.7 Å². The first-order valence-electron chi connectivity index (χ1n) is 9.01. The summed E-state index contributed by atoms with van der Waals surface area (Å²) in [4.78, 5) is 36.5. The van der Waals surface area contributed by atoms with Gasteiger partial charge in [-0.2, -0.15) is 0 Å². The lowest BCUT2D eigenvalue weighted by atomic mass is 10.1. The molecular formula is C21H25N3O4. The molecule has 7 nitrogen and oxygen atoms in total. The van der Waals surface area contributed by atoms with Crippen LogP contribution in [0.2, 0.25) is 0 Å². The first-order valence-corrected chi connectivity index (χ1v) is 9.01. The van der Waals surface area contributed by atoms with Crippen molar-refractivity contribution in [1.82, 2.24) is 5.32 Å². The number of hydrogen-bond acceptors (Lipinski definition) is 4. The van der Waals surface area contributed by atoms with Gasteiger partial charge in [0.1, 0.15) is 6.04 Å². The highest BCUT2D eigenvalue weighted by Crippen LogP contribution is 2.13. The number of carbonyl (C=O) groups excluding carboxylic acids is 3. The molecule has 3 N–H and O–H groups in total. The number of rotatable bonds is 7. The summed E-state index contributed by atoms with van der Waals surface area (Å²) in [6, 6.07) is 14.8. The molecule has 2 rings (SSSR count). The van der Waals surface area contributed by atoms with E-state index in [-0.39, 0.29) is 5.92 Å². The Kier molecular flexibility index (Phi) is 7.56. The maximum atomic E-state index is 12.4. The summed E-state index contributed by atoms with van der Waals surface area (Å²) in [6.07, 6.45) is 0. The van der Waals surface area contributed by atoms with Crippen molar-refractivity contribution in [3.63, 3.8) is 0 Å². The zero-order valence-corrected chi connectivity index (χ0v) is 16.2. The van der Waals surface area contributed by atoms with E-state index in [1.807, 2.05) is 25.1 Å². The van der Waals surface area contributed by atoms with Gasteiger partial charge in [-0.1, -0.05) is 50.2 Å². The van der Waals surface area contributed by atoms with Gasteiger partial charge in [0.05, 0.1) is 0 Å². The molecule has 28 heavy (non-hydrogen) atoms. The standard InChI is InChI=1S/C21H25N3O4/c1-14(2)19(24-21(27)22-16-10-5-4-6-11-16)20(26)28-13-18(25)23-17-12-8-7-9-15(17)3/h4-12,14,19H,13H2,1-3H3,(H,23,25)(H2,22,24,27)/t19-/m0/s1. The summed E-state index contributed by atoms with van der Waals surface area (Å²) >= 11 is 0. The van der Waals surface area contributed by atoms with Crippen molar-refractivity contribution in [2.45, 2.75) is 26.8 Å². The van der Waals surface area contributed by atoms with Crippen LogP contribution in [-0.4, -0.2) is 30.6 Å². The van der Waals surface area contributed by atoms with Crippen LogP contribution >= 0.6 is 0 Å². The fraction of sp³-hybridized carbons (Fsp3) is 0.286. The topological polar surface area (TPSA) is 96.5 Å². The van der Waals surface area contributed by atoms with E-state index >= 15 is 0 Å². The van der Waals surface area contributed by atoms with Gasteiger partial charge in [-0.3, -0.25) is 4.79 Å². The summed E-state index contributed by atoms with van der Waals surface area (Å²) in [7, 11) is 0. The Bertz CT molecular complexity index is 821. The van der Waals surface area contributed by atoms with E-state index in [0.29, 0.717) is 11.4 Å². The molecular weight excluding hydrogens is 358 g/mol. The molecule has 0 saturated carbocycles. The Balaban J connectivity index is 1.87. The first kappa shape index (κ1) is 21.0. The molecule has 0 aliphatic carbocycles. The fourth-order valence-electron chi connectivity index (χ4n) is 2.45. The highest BCUT2D eigenvalue weighted by Gasteiger charge is 2.26. The van der Waals surface area contributed by atoms with Crippen LogP contribution in [0.25, 0.3) is 0 Å². The highest BCUT2D eigenvalue weighted by atomic mass is 16.5. The molecule has 0 unspecified atom stereocenters. The van der Waals surface area contributed by atoms with Crippen molar-refractivity contribution in [2.75, 3.05) is 17.2 Å². The van der Waals surface area contributed by atoms with Crippen LogP contribution in [0.5, 0.6) is 0 Å². The van der Waals surface area contributed by atoms with Crippen LogP contribution in [0.4, 0.5) is 16.2 Å². The molecule has 148 valence electrons. The second-order valence-corrected chi connectivity index (χ2v) is 6.66. The summed E-state index contributed by atoms with van der Waals surface area (Å²) < 4.78 is 5.10. The van der Waals surface area contributed by atoms with Gasteiger partial charge in [-0.25, -0.2) is 9.59 Å². The average molecular weight is 383 g/mol. The molecule has 3 amide bonds. The summed E-state index contributed by atoms with van der Waals surface area (Å²) in [5.74, 6) is -1.33. The molecule has 0 heterocycles. The predicted octanol–water partition coefficient (Wildman–Crippen LogP) is 3.32. The second-order valence-electron chi connectivity index (χ2n) is 6.66. The van der Waals surface area contributed by atoms with Crippen LogP contribution in [0, 0.1) is 12.8 Å². The highest BCUT2D eigenvalue weighted by molar-refractivity contribution is 5.95. The lowest BCUT2D eigenvalue weighted by Gasteiger charge is -2.21. The van der Waals surface area contributed by atoms with E-state index in [2.05, 4.69) is 16.0 Å².